The molecule has 10 nitrogen and oxygen atoms in total. The number of sulfone groups is 1. The summed E-state index contributed by atoms with van der Waals surface area (Å²) < 4.78 is 31.8. The van der Waals surface area contributed by atoms with E-state index in [2.05, 4.69) is 22.5 Å². The van der Waals surface area contributed by atoms with Crippen LogP contribution < -0.4 is 15.5 Å². The molecule has 2 aromatic rings. The van der Waals surface area contributed by atoms with Crippen LogP contribution in [0.4, 0.5) is 16.3 Å². The Morgan fingerprint density at radius 3 is 2.57 bits per heavy atom. The Bertz CT molecular complexity index is 1240. The highest BCUT2D eigenvalue weighted by Gasteiger charge is 2.57. The van der Waals surface area contributed by atoms with E-state index < -0.39 is 20.6 Å². The number of carbonyl (C=O) groups is 1. The van der Waals surface area contributed by atoms with Gasteiger partial charge in [-0.3, -0.25) is 0 Å². The molecule has 2 saturated carbocycles. The topological polar surface area (TPSA) is 134 Å². The predicted molar refractivity (Wildman–Crippen MR) is 141 cm³/mol. The number of benzene rings is 1. The highest BCUT2D eigenvalue weighted by Crippen LogP contribution is 2.53. The van der Waals surface area contributed by atoms with Crippen molar-refractivity contribution in [1.29, 1.82) is 0 Å². The monoisotopic (exact) mass is 529 g/mol. The second-order valence-electron chi connectivity index (χ2n) is 10.4. The Balaban J connectivity index is 1.50. The van der Waals surface area contributed by atoms with E-state index in [0.29, 0.717) is 55.6 Å². The molecule has 1 aromatic carbocycles. The molecule has 3 aliphatic rings. The average Bonchev–Trinajstić information content (AvgIpc) is 3.70. The third kappa shape index (κ3) is 5.04. The van der Waals surface area contributed by atoms with Gasteiger partial charge in [-0.15, -0.1) is 0 Å². The molecule has 3 N–H and O–H groups in total. The SMILES string of the molecule is C[C@@H](CO)NC(=O)Nc1ccc(-c2nc(N3CCOC[C@@H]3C)cc(C3(S(=O)(=O)C4CC4)CCC3)n2)cc1. The zero-order valence-corrected chi connectivity index (χ0v) is 22.1. The van der Waals surface area contributed by atoms with E-state index in [9.17, 15) is 13.2 Å². The van der Waals surface area contributed by atoms with Gasteiger partial charge >= 0.3 is 6.03 Å². The number of hydrogen-bond acceptors (Lipinski definition) is 8. The van der Waals surface area contributed by atoms with E-state index in [1.807, 2.05) is 18.2 Å². The van der Waals surface area contributed by atoms with Gasteiger partial charge in [-0.2, -0.15) is 0 Å². The molecular weight excluding hydrogens is 494 g/mol. The summed E-state index contributed by atoms with van der Waals surface area (Å²) in [6, 6.07) is 8.37. The third-order valence-corrected chi connectivity index (χ3v) is 10.6. The quantitative estimate of drug-likeness (QED) is 0.475. The minimum atomic E-state index is -3.34. The van der Waals surface area contributed by atoms with Gasteiger partial charge in [0.15, 0.2) is 15.7 Å². The van der Waals surface area contributed by atoms with E-state index in [1.54, 1.807) is 19.1 Å². The fourth-order valence-corrected chi connectivity index (χ4v) is 7.68. The first-order valence-corrected chi connectivity index (χ1v) is 14.5. The van der Waals surface area contributed by atoms with E-state index in [4.69, 9.17) is 19.8 Å². The smallest absolute Gasteiger partial charge is 0.319 e. The Morgan fingerprint density at radius 1 is 1.24 bits per heavy atom. The van der Waals surface area contributed by atoms with Crippen LogP contribution in [0.15, 0.2) is 30.3 Å². The summed E-state index contributed by atoms with van der Waals surface area (Å²) in [4.78, 5) is 24.0. The van der Waals surface area contributed by atoms with Crippen molar-refractivity contribution in [3.8, 4) is 11.4 Å². The van der Waals surface area contributed by atoms with Gasteiger partial charge in [0.25, 0.3) is 0 Å². The van der Waals surface area contributed by atoms with Gasteiger partial charge in [0.05, 0.1) is 42.8 Å². The van der Waals surface area contributed by atoms with Gasteiger partial charge in [-0.25, -0.2) is 23.2 Å². The van der Waals surface area contributed by atoms with Gasteiger partial charge in [-0.05, 0) is 70.2 Å². The molecule has 1 aliphatic heterocycles. The number of amides is 2. The lowest BCUT2D eigenvalue weighted by molar-refractivity contribution is 0.0985. The molecule has 37 heavy (non-hydrogen) atoms. The number of morpholine rings is 1. The minimum absolute atomic E-state index is 0.105. The molecule has 11 heteroatoms. The average molecular weight is 530 g/mol. The maximum atomic E-state index is 13.6. The van der Waals surface area contributed by atoms with Crippen molar-refractivity contribution in [3.63, 3.8) is 0 Å². The summed E-state index contributed by atoms with van der Waals surface area (Å²) in [6.07, 6.45) is 3.50. The predicted octanol–water partition coefficient (Wildman–Crippen LogP) is 2.83. The van der Waals surface area contributed by atoms with Crippen LogP contribution in [0.1, 0.15) is 51.6 Å². The van der Waals surface area contributed by atoms with Crippen molar-refractivity contribution in [2.24, 2.45) is 0 Å². The lowest BCUT2D eigenvalue weighted by atomic mass is 9.81. The lowest BCUT2D eigenvalue weighted by Crippen LogP contribution is -2.46. The zero-order valence-electron chi connectivity index (χ0n) is 21.3. The number of nitrogens with one attached hydrogen (secondary N) is 2. The molecule has 0 spiro atoms. The number of hydrogen-bond donors (Lipinski definition) is 3. The molecule has 3 fully saturated rings. The lowest BCUT2D eigenvalue weighted by Gasteiger charge is -2.41. The Labute approximate surface area is 217 Å². The van der Waals surface area contributed by atoms with Crippen molar-refractivity contribution in [1.82, 2.24) is 15.3 Å². The first-order chi connectivity index (χ1) is 17.7. The van der Waals surface area contributed by atoms with Gasteiger partial charge in [0.2, 0.25) is 0 Å². The summed E-state index contributed by atoms with van der Waals surface area (Å²) >= 11 is 0. The standard InChI is InChI=1S/C26H35N5O5S/c1-17(15-32)27-25(33)28-20-6-4-19(5-7-20)24-29-22(14-23(30-24)31-12-13-36-16-18(31)2)26(10-3-11-26)37(34,35)21-8-9-21/h4-7,14,17-18,21,32H,3,8-13,15-16H2,1-2H3,(H2,27,28,33)/t17-,18-/m0/s1. The number of anilines is 2. The Morgan fingerprint density at radius 2 is 1.97 bits per heavy atom. The van der Waals surface area contributed by atoms with Crippen LogP contribution >= 0.6 is 0 Å². The van der Waals surface area contributed by atoms with Crippen LogP contribution in [-0.2, 0) is 19.3 Å². The fraction of sp³-hybridized carbons (Fsp3) is 0.577. The third-order valence-electron chi connectivity index (χ3n) is 7.56. The van der Waals surface area contributed by atoms with Gasteiger partial charge in [-0.1, -0.05) is 0 Å². The van der Waals surface area contributed by atoms with Crippen molar-refractivity contribution in [2.45, 2.75) is 68.0 Å². The number of urea groups is 1. The van der Waals surface area contributed by atoms with Crippen molar-refractivity contribution >= 4 is 27.4 Å². The largest absolute Gasteiger partial charge is 0.394 e. The molecule has 0 unspecified atom stereocenters. The number of carbonyl (C=O) groups excluding carboxylic acids is 1. The fourth-order valence-electron chi connectivity index (χ4n) is 5.03. The summed E-state index contributed by atoms with van der Waals surface area (Å²) in [6.45, 7) is 5.47. The van der Waals surface area contributed by atoms with Gasteiger partial charge in [0, 0.05) is 23.9 Å². The second kappa shape index (κ2) is 10.2. The molecule has 5 rings (SSSR count). The molecule has 0 bridgehead atoms. The van der Waals surface area contributed by atoms with Gasteiger partial charge in [0.1, 0.15) is 10.6 Å². The number of aliphatic hydroxyl groups excluding tert-OH is 1. The molecule has 2 aliphatic carbocycles. The van der Waals surface area contributed by atoms with Crippen molar-refractivity contribution in [2.75, 3.05) is 36.6 Å². The number of aromatic nitrogens is 2. The maximum Gasteiger partial charge on any atom is 0.319 e. The molecule has 1 aromatic heterocycles. The van der Waals surface area contributed by atoms with E-state index in [1.165, 1.54) is 0 Å². The highest BCUT2D eigenvalue weighted by atomic mass is 32.2. The Hall–Kier alpha value is -2.76. The van der Waals surface area contributed by atoms with Crippen molar-refractivity contribution < 1.29 is 23.1 Å². The molecular formula is C26H35N5O5S. The molecule has 0 radical (unpaired) electrons. The van der Waals surface area contributed by atoms with E-state index in [0.717, 1.165) is 24.8 Å². The minimum Gasteiger partial charge on any atom is -0.394 e. The number of nitrogens with zero attached hydrogens (tertiary/aromatic N) is 3. The van der Waals surface area contributed by atoms with Crippen LogP contribution in [-0.4, -0.2) is 73.2 Å². The number of rotatable bonds is 8. The number of ether oxygens (including phenoxy) is 1. The maximum absolute atomic E-state index is 13.6. The summed E-state index contributed by atoms with van der Waals surface area (Å²) in [5.74, 6) is 1.18. The normalized spacial score (nSPS) is 22.1. The summed E-state index contributed by atoms with van der Waals surface area (Å²) in [5, 5.41) is 14.2. The van der Waals surface area contributed by atoms with Crippen LogP contribution in [0.3, 0.4) is 0 Å². The van der Waals surface area contributed by atoms with Crippen molar-refractivity contribution in [3.05, 3.63) is 36.0 Å². The van der Waals surface area contributed by atoms with Crippen LogP contribution in [0, 0.1) is 0 Å². The van der Waals surface area contributed by atoms with E-state index >= 15 is 0 Å². The van der Waals surface area contributed by atoms with E-state index in [-0.39, 0.29) is 23.9 Å². The molecule has 2 heterocycles. The second-order valence-corrected chi connectivity index (χ2v) is 12.9. The Kier molecular flexibility index (Phi) is 7.12. The highest BCUT2D eigenvalue weighted by molar-refractivity contribution is 7.93. The summed E-state index contributed by atoms with van der Waals surface area (Å²) in [5.41, 5.74) is 1.90. The first kappa shape index (κ1) is 25.9. The summed E-state index contributed by atoms with van der Waals surface area (Å²) in [7, 11) is -3.34. The molecule has 2 amide bonds. The zero-order chi connectivity index (χ0) is 26.2. The number of aliphatic hydroxyl groups is 1. The van der Waals surface area contributed by atoms with Crippen LogP contribution in [0.2, 0.25) is 0 Å². The molecule has 1 saturated heterocycles. The molecule has 200 valence electrons. The molecule has 2 atom stereocenters. The van der Waals surface area contributed by atoms with Crippen LogP contribution in [0.25, 0.3) is 11.4 Å². The van der Waals surface area contributed by atoms with Crippen LogP contribution in [0.5, 0.6) is 0 Å². The first-order valence-electron chi connectivity index (χ1n) is 13.0. The van der Waals surface area contributed by atoms with Gasteiger partial charge < -0.3 is 25.4 Å².